The molecule has 0 atom stereocenters. The largest absolute Gasteiger partial charge is 0.416 e. The van der Waals surface area contributed by atoms with Crippen molar-refractivity contribution in [3.05, 3.63) is 72.8 Å². The van der Waals surface area contributed by atoms with Gasteiger partial charge in [0.15, 0.2) is 5.82 Å². The summed E-state index contributed by atoms with van der Waals surface area (Å²) in [5, 5.41) is 8.99. The predicted molar refractivity (Wildman–Crippen MR) is 115 cm³/mol. The summed E-state index contributed by atoms with van der Waals surface area (Å²) in [4.78, 5) is 19.9. The van der Waals surface area contributed by atoms with Gasteiger partial charge in [-0.2, -0.15) is 18.3 Å². The molecule has 11 heteroatoms. The lowest BCUT2D eigenvalue weighted by atomic mass is 10.0. The van der Waals surface area contributed by atoms with Gasteiger partial charge < -0.3 is 11.1 Å². The molecule has 4 aromatic rings. The number of nitrogens with zero attached hydrogens (tertiary/aromatic N) is 4. The van der Waals surface area contributed by atoms with E-state index in [-0.39, 0.29) is 5.82 Å². The Balaban J connectivity index is 1.54. The average Bonchev–Trinajstić information content (AvgIpc) is 3.14. The van der Waals surface area contributed by atoms with E-state index in [9.17, 15) is 18.0 Å². The van der Waals surface area contributed by atoms with Crippen LogP contribution in [0.2, 0.25) is 0 Å². The molecular formula is C21H16F3N7O. The molecule has 0 saturated carbocycles. The zero-order chi connectivity index (χ0) is 22.9. The third-order valence-electron chi connectivity index (χ3n) is 4.61. The van der Waals surface area contributed by atoms with Crippen LogP contribution in [0.25, 0.3) is 22.7 Å². The van der Waals surface area contributed by atoms with E-state index in [1.165, 1.54) is 6.33 Å². The molecule has 4 rings (SSSR count). The standard InChI is InChI=1S/C21H16F3N7O/c1-2-12-10-31-18(19(25)27-11-28-31)17(12)13-3-5-15(6-4-13)29-20(32)30-16-9-14(7-8-26-16)21(22,23)24/h2-11H,1H2,(H2,25,27,28)(H2,26,29,30,32). The highest BCUT2D eigenvalue weighted by atomic mass is 19.4. The molecule has 0 aliphatic heterocycles. The highest BCUT2D eigenvalue weighted by Crippen LogP contribution is 2.33. The maximum atomic E-state index is 12.8. The van der Waals surface area contributed by atoms with E-state index >= 15 is 0 Å². The molecule has 0 bridgehead atoms. The fraction of sp³-hybridized carbons (Fsp3) is 0.0476. The summed E-state index contributed by atoms with van der Waals surface area (Å²) in [6, 6.07) is 7.64. The topological polar surface area (TPSA) is 110 Å². The van der Waals surface area contributed by atoms with E-state index in [0.717, 1.165) is 35.0 Å². The molecule has 0 aliphatic rings. The zero-order valence-corrected chi connectivity index (χ0v) is 16.4. The van der Waals surface area contributed by atoms with E-state index in [1.54, 1.807) is 41.1 Å². The number of halogens is 3. The maximum Gasteiger partial charge on any atom is 0.416 e. The summed E-state index contributed by atoms with van der Waals surface area (Å²) in [6.07, 6.45) is 1.24. The fourth-order valence-corrected chi connectivity index (χ4v) is 3.19. The molecule has 8 nitrogen and oxygen atoms in total. The van der Waals surface area contributed by atoms with Gasteiger partial charge in [0.25, 0.3) is 0 Å². The fourth-order valence-electron chi connectivity index (χ4n) is 3.19. The molecule has 0 spiro atoms. The number of pyridine rings is 1. The number of fused-ring (bicyclic) bond motifs is 1. The number of urea groups is 1. The summed E-state index contributed by atoms with van der Waals surface area (Å²) in [5.74, 6) is 0.0820. The zero-order valence-electron chi connectivity index (χ0n) is 16.4. The van der Waals surface area contributed by atoms with Crippen LogP contribution in [-0.2, 0) is 6.18 Å². The Morgan fingerprint density at radius 3 is 2.56 bits per heavy atom. The lowest BCUT2D eigenvalue weighted by Gasteiger charge is -2.10. The second-order valence-corrected chi connectivity index (χ2v) is 6.69. The highest BCUT2D eigenvalue weighted by molar-refractivity contribution is 5.99. The van der Waals surface area contributed by atoms with Gasteiger partial charge in [-0.05, 0) is 29.8 Å². The van der Waals surface area contributed by atoms with Crippen LogP contribution >= 0.6 is 0 Å². The van der Waals surface area contributed by atoms with Crippen LogP contribution in [-0.4, -0.2) is 25.6 Å². The molecule has 32 heavy (non-hydrogen) atoms. The Labute approximate surface area is 179 Å². The molecule has 0 saturated heterocycles. The Kier molecular flexibility index (Phi) is 5.23. The SMILES string of the molecule is C=Cc1cn2ncnc(N)c2c1-c1ccc(NC(=O)Nc2cc(C(F)(F)F)ccn2)cc1. The monoisotopic (exact) mass is 439 g/mol. The normalized spacial score (nSPS) is 11.3. The van der Waals surface area contributed by atoms with Crippen molar-refractivity contribution in [3.63, 3.8) is 0 Å². The first-order chi connectivity index (χ1) is 15.3. The van der Waals surface area contributed by atoms with Crippen molar-refractivity contribution in [2.75, 3.05) is 16.4 Å². The van der Waals surface area contributed by atoms with Crippen molar-refractivity contribution in [1.29, 1.82) is 0 Å². The van der Waals surface area contributed by atoms with E-state index in [2.05, 4.69) is 32.3 Å². The van der Waals surface area contributed by atoms with Gasteiger partial charge in [0.2, 0.25) is 0 Å². The van der Waals surface area contributed by atoms with Crippen LogP contribution in [0, 0.1) is 0 Å². The first-order valence-electron chi connectivity index (χ1n) is 9.22. The average molecular weight is 439 g/mol. The maximum absolute atomic E-state index is 12.8. The van der Waals surface area contributed by atoms with Crippen molar-refractivity contribution < 1.29 is 18.0 Å². The second-order valence-electron chi connectivity index (χ2n) is 6.69. The van der Waals surface area contributed by atoms with E-state index in [1.807, 2.05) is 0 Å². The molecule has 2 amide bonds. The molecule has 0 fully saturated rings. The lowest BCUT2D eigenvalue weighted by Crippen LogP contribution is -2.20. The minimum absolute atomic E-state index is 0.222. The number of nitrogens with one attached hydrogen (secondary N) is 2. The van der Waals surface area contributed by atoms with Crippen LogP contribution < -0.4 is 16.4 Å². The van der Waals surface area contributed by atoms with Gasteiger partial charge in [0.05, 0.1) is 5.56 Å². The Bertz CT molecular complexity index is 1310. The van der Waals surface area contributed by atoms with Gasteiger partial charge >= 0.3 is 12.2 Å². The highest BCUT2D eigenvalue weighted by Gasteiger charge is 2.30. The Morgan fingerprint density at radius 2 is 1.88 bits per heavy atom. The number of nitrogens with two attached hydrogens (primary N) is 1. The number of aromatic nitrogens is 4. The van der Waals surface area contributed by atoms with Crippen LogP contribution in [0.5, 0.6) is 0 Å². The van der Waals surface area contributed by atoms with E-state index in [4.69, 9.17) is 5.73 Å². The van der Waals surface area contributed by atoms with Crippen molar-refractivity contribution in [3.8, 4) is 11.1 Å². The molecule has 1 aromatic carbocycles. The number of amides is 2. The van der Waals surface area contributed by atoms with Crippen molar-refractivity contribution in [1.82, 2.24) is 19.6 Å². The minimum Gasteiger partial charge on any atom is -0.382 e. The second kappa shape index (κ2) is 8.02. The van der Waals surface area contributed by atoms with Gasteiger partial charge in [0.1, 0.15) is 17.7 Å². The van der Waals surface area contributed by atoms with Gasteiger partial charge in [-0.3, -0.25) is 5.32 Å². The summed E-state index contributed by atoms with van der Waals surface area (Å²) >= 11 is 0. The molecule has 3 aromatic heterocycles. The van der Waals surface area contributed by atoms with Gasteiger partial charge in [-0.15, -0.1) is 0 Å². The van der Waals surface area contributed by atoms with Crippen LogP contribution in [0.15, 0.2) is 61.7 Å². The molecule has 0 aliphatic carbocycles. The number of rotatable bonds is 4. The molecule has 3 heterocycles. The first kappa shape index (κ1) is 20.8. The summed E-state index contributed by atoms with van der Waals surface area (Å²) in [7, 11) is 0. The van der Waals surface area contributed by atoms with Gasteiger partial charge in [-0.1, -0.05) is 24.8 Å². The summed E-state index contributed by atoms with van der Waals surface area (Å²) in [6.45, 7) is 3.82. The smallest absolute Gasteiger partial charge is 0.382 e. The summed E-state index contributed by atoms with van der Waals surface area (Å²) in [5.41, 5.74) is 8.52. The van der Waals surface area contributed by atoms with Gasteiger partial charge in [0, 0.05) is 29.2 Å². The number of carbonyl (C=O) groups is 1. The number of hydrogen-bond acceptors (Lipinski definition) is 5. The molecule has 0 unspecified atom stereocenters. The lowest BCUT2D eigenvalue weighted by molar-refractivity contribution is -0.137. The molecule has 4 N–H and O–H groups in total. The Morgan fingerprint density at radius 1 is 1.12 bits per heavy atom. The number of anilines is 3. The van der Waals surface area contributed by atoms with Crippen molar-refractivity contribution in [2.24, 2.45) is 0 Å². The predicted octanol–water partition coefficient (Wildman–Crippen LogP) is 4.68. The number of nitrogen functional groups attached to an aromatic ring is 1. The Hall–Kier alpha value is -4.41. The van der Waals surface area contributed by atoms with E-state index < -0.39 is 17.8 Å². The van der Waals surface area contributed by atoms with Crippen LogP contribution in [0.3, 0.4) is 0 Å². The quantitative estimate of drug-likeness (QED) is 0.428. The summed E-state index contributed by atoms with van der Waals surface area (Å²) < 4.78 is 40.0. The van der Waals surface area contributed by atoms with Gasteiger partial charge in [-0.25, -0.2) is 19.3 Å². The molecule has 0 radical (unpaired) electrons. The number of benzene rings is 1. The van der Waals surface area contributed by atoms with E-state index in [0.29, 0.717) is 17.0 Å². The van der Waals surface area contributed by atoms with Crippen molar-refractivity contribution in [2.45, 2.75) is 6.18 Å². The van der Waals surface area contributed by atoms with Crippen LogP contribution in [0.1, 0.15) is 11.1 Å². The molecule has 162 valence electrons. The minimum atomic E-state index is -4.53. The van der Waals surface area contributed by atoms with Crippen molar-refractivity contribution >= 4 is 34.9 Å². The first-order valence-corrected chi connectivity index (χ1v) is 9.22. The number of hydrogen-bond donors (Lipinski definition) is 3. The number of alkyl halides is 3. The third kappa shape index (κ3) is 4.08. The third-order valence-corrected chi connectivity index (χ3v) is 4.61. The van der Waals surface area contributed by atoms with Crippen LogP contribution in [0.4, 0.5) is 35.3 Å². The number of carbonyl (C=O) groups excluding carboxylic acids is 1. The molecular weight excluding hydrogens is 423 g/mol.